The molecule has 5 atom stereocenters. The number of hydrogen-bond acceptors (Lipinski definition) is 9. The summed E-state index contributed by atoms with van der Waals surface area (Å²) in [7, 11) is 3.41. The Morgan fingerprint density at radius 1 is 1.11 bits per heavy atom. The summed E-state index contributed by atoms with van der Waals surface area (Å²) in [5.74, 6) is -5.18. The SMILES string of the molecule is CSCC1CC(c2ccccn2)=C2CC3CC4C(C(=O)C(C(N)=O)=C(O)[C@@H]4N(C)C)C(=O)C3=C(O)C2=C1O. The molecule has 4 aliphatic carbocycles. The number of aromatic nitrogens is 1. The van der Waals surface area contributed by atoms with Gasteiger partial charge in [-0.3, -0.25) is 24.3 Å². The van der Waals surface area contributed by atoms with Crippen LogP contribution in [-0.2, 0) is 14.4 Å². The zero-order chi connectivity index (χ0) is 27.5. The predicted molar refractivity (Wildman–Crippen MR) is 143 cm³/mol. The Morgan fingerprint density at radius 3 is 2.45 bits per heavy atom. The summed E-state index contributed by atoms with van der Waals surface area (Å²) in [4.78, 5) is 45.6. The Hall–Kier alpha value is -3.37. The molecule has 0 radical (unpaired) electrons. The van der Waals surface area contributed by atoms with Crippen LogP contribution >= 0.6 is 11.8 Å². The molecule has 38 heavy (non-hydrogen) atoms. The van der Waals surface area contributed by atoms with Gasteiger partial charge in [-0.25, -0.2) is 0 Å². The van der Waals surface area contributed by atoms with Gasteiger partial charge in [-0.15, -0.1) is 0 Å². The van der Waals surface area contributed by atoms with Gasteiger partial charge in [0.1, 0.15) is 22.9 Å². The number of fused-ring (bicyclic) bond motifs is 3. The first-order chi connectivity index (χ1) is 18.1. The predicted octanol–water partition coefficient (Wildman–Crippen LogP) is 2.88. The Labute approximate surface area is 224 Å². The molecule has 1 fully saturated rings. The van der Waals surface area contributed by atoms with E-state index in [0.29, 0.717) is 25.0 Å². The molecular weight excluding hydrogens is 506 g/mol. The van der Waals surface area contributed by atoms with Crippen LogP contribution in [-0.4, -0.2) is 74.8 Å². The van der Waals surface area contributed by atoms with Crippen LogP contribution in [0.2, 0.25) is 0 Å². The third kappa shape index (κ3) is 3.89. The number of Topliss-reactive ketones (excluding diaryl/α,β-unsaturated/α-hetero) is 2. The van der Waals surface area contributed by atoms with Gasteiger partial charge in [-0.2, -0.15) is 11.8 Å². The second kappa shape index (κ2) is 9.74. The Bertz CT molecular complexity index is 1360. The zero-order valence-electron chi connectivity index (χ0n) is 21.5. The quantitative estimate of drug-likeness (QED) is 0.328. The molecule has 5 rings (SSSR count). The number of hydrogen-bond donors (Lipinski definition) is 4. The molecule has 4 unspecified atom stereocenters. The first kappa shape index (κ1) is 26.2. The molecule has 1 aromatic heterocycles. The van der Waals surface area contributed by atoms with Crippen molar-refractivity contribution in [1.29, 1.82) is 0 Å². The van der Waals surface area contributed by atoms with Crippen molar-refractivity contribution >= 4 is 34.8 Å². The number of carbonyl (C=O) groups excluding carboxylic acids is 3. The molecule has 0 spiro atoms. The van der Waals surface area contributed by atoms with Crippen LogP contribution in [0.5, 0.6) is 0 Å². The molecular formula is C28H31N3O6S. The van der Waals surface area contributed by atoms with Gasteiger partial charge in [0.15, 0.2) is 11.6 Å². The minimum atomic E-state index is -1.26. The molecule has 5 N–H and O–H groups in total. The van der Waals surface area contributed by atoms with E-state index in [-0.39, 0.29) is 28.6 Å². The summed E-state index contributed by atoms with van der Waals surface area (Å²) in [5, 5.41) is 33.8. The van der Waals surface area contributed by atoms with Crippen LogP contribution in [0.3, 0.4) is 0 Å². The summed E-state index contributed by atoms with van der Waals surface area (Å²) in [5.41, 5.74) is 7.62. The standard InChI is InChI=1S/C28H31N3O6S/c1-31(2)22-16-9-12-8-15-14(17-6-4-5-7-30-17)10-13(11-38-3)23(32)19(15)24(33)18(12)25(34)20(16)26(35)21(27(22)36)28(29)37/h4-7,12-13,16,20,22,32-33,36H,8-11H2,1-3H3,(H2,29,37)/t12?,13?,16?,20?,22-/m1/s1. The Kier molecular flexibility index (Phi) is 6.73. The largest absolute Gasteiger partial charge is 0.511 e. The molecule has 200 valence electrons. The van der Waals surface area contributed by atoms with Crippen LogP contribution in [0.4, 0.5) is 0 Å². The lowest BCUT2D eigenvalue weighted by atomic mass is 9.58. The van der Waals surface area contributed by atoms with Crippen molar-refractivity contribution in [3.8, 4) is 0 Å². The average molecular weight is 538 g/mol. The number of likely N-dealkylation sites (N-methyl/N-ethyl adjacent to an activating group) is 1. The number of carbonyl (C=O) groups is 3. The Morgan fingerprint density at radius 2 is 1.84 bits per heavy atom. The maximum absolute atomic E-state index is 13.9. The van der Waals surface area contributed by atoms with Crippen LogP contribution in [0, 0.1) is 23.7 Å². The molecule has 1 saturated carbocycles. The number of aliphatic hydroxyl groups excluding tert-OH is 3. The fourth-order valence-corrected chi connectivity index (χ4v) is 7.44. The van der Waals surface area contributed by atoms with E-state index in [2.05, 4.69) is 4.98 Å². The second-order valence-corrected chi connectivity index (χ2v) is 11.5. The van der Waals surface area contributed by atoms with Gasteiger partial charge >= 0.3 is 0 Å². The highest BCUT2D eigenvalue weighted by Gasteiger charge is 2.56. The van der Waals surface area contributed by atoms with E-state index in [1.807, 2.05) is 24.5 Å². The number of nitrogens with two attached hydrogens (primary N) is 1. The minimum absolute atomic E-state index is 0.0314. The van der Waals surface area contributed by atoms with Crippen molar-refractivity contribution in [3.05, 3.63) is 69.7 Å². The van der Waals surface area contributed by atoms with Crippen LogP contribution in [0.15, 0.2) is 64.0 Å². The maximum atomic E-state index is 13.9. The smallest absolute Gasteiger partial charge is 0.255 e. The highest BCUT2D eigenvalue weighted by Crippen LogP contribution is 2.54. The van der Waals surface area contributed by atoms with E-state index in [1.165, 1.54) is 0 Å². The molecule has 1 heterocycles. The molecule has 9 nitrogen and oxygen atoms in total. The van der Waals surface area contributed by atoms with Gasteiger partial charge in [0.2, 0.25) is 0 Å². The monoisotopic (exact) mass is 537 g/mol. The Balaban J connectivity index is 1.69. The number of ketones is 2. The first-order valence-corrected chi connectivity index (χ1v) is 13.9. The number of aliphatic hydroxyl groups is 3. The van der Waals surface area contributed by atoms with Crippen molar-refractivity contribution in [1.82, 2.24) is 9.88 Å². The number of thioether (sulfide) groups is 1. The van der Waals surface area contributed by atoms with Crippen molar-refractivity contribution in [3.63, 3.8) is 0 Å². The third-order valence-electron chi connectivity index (χ3n) is 8.26. The lowest BCUT2D eigenvalue weighted by Gasteiger charge is -2.47. The van der Waals surface area contributed by atoms with Crippen molar-refractivity contribution in [2.45, 2.75) is 25.3 Å². The second-order valence-electron chi connectivity index (χ2n) is 10.6. The average Bonchev–Trinajstić information content (AvgIpc) is 2.85. The van der Waals surface area contributed by atoms with Crippen LogP contribution in [0.25, 0.3) is 5.57 Å². The lowest BCUT2D eigenvalue weighted by Crippen LogP contribution is -2.55. The van der Waals surface area contributed by atoms with E-state index in [9.17, 15) is 29.7 Å². The summed E-state index contributed by atoms with van der Waals surface area (Å²) in [6.45, 7) is 0. The number of rotatable bonds is 5. The summed E-state index contributed by atoms with van der Waals surface area (Å²) >= 11 is 1.57. The summed E-state index contributed by atoms with van der Waals surface area (Å²) < 4.78 is 0. The van der Waals surface area contributed by atoms with Gasteiger partial charge in [0, 0.05) is 23.4 Å². The number of primary amides is 1. The van der Waals surface area contributed by atoms with E-state index in [4.69, 9.17) is 5.73 Å². The first-order valence-electron chi connectivity index (χ1n) is 12.6. The molecule has 1 aromatic rings. The van der Waals surface area contributed by atoms with Crippen LogP contribution in [0.1, 0.15) is 25.0 Å². The molecule has 0 bridgehead atoms. The normalized spacial score (nSPS) is 29.5. The minimum Gasteiger partial charge on any atom is -0.511 e. The van der Waals surface area contributed by atoms with E-state index >= 15 is 0 Å². The lowest BCUT2D eigenvalue weighted by molar-refractivity contribution is -0.137. The van der Waals surface area contributed by atoms with Crippen LogP contribution < -0.4 is 5.73 Å². The highest BCUT2D eigenvalue weighted by molar-refractivity contribution is 7.98. The van der Waals surface area contributed by atoms with Crippen molar-refractivity contribution < 1.29 is 29.7 Å². The fourth-order valence-electron chi connectivity index (χ4n) is 6.76. The number of pyridine rings is 1. The van der Waals surface area contributed by atoms with E-state index < -0.39 is 52.6 Å². The van der Waals surface area contributed by atoms with Gasteiger partial charge in [-0.05, 0) is 74.7 Å². The van der Waals surface area contributed by atoms with Crippen molar-refractivity contribution in [2.24, 2.45) is 29.4 Å². The van der Waals surface area contributed by atoms with Crippen molar-refractivity contribution in [2.75, 3.05) is 26.1 Å². The maximum Gasteiger partial charge on any atom is 0.255 e. The van der Waals surface area contributed by atoms with Gasteiger partial charge in [0.05, 0.1) is 23.2 Å². The molecule has 10 heteroatoms. The van der Waals surface area contributed by atoms with Gasteiger partial charge in [-0.1, -0.05) is 6.07 Å². The topological polar surface area (TPSA) is 154 Å². The molecule has 4 aliphatic rings. The zero-order valence-corrected chi connectivity index (χ0v) is 22.3. The molecule has 0 aliphatic heterocycles. The number of nitrogens with zero attached hydrogens (tertiary/aromatic N) is 2. The van der Waals surface area contributed by atoms with E-state index in [0.717, 1.165) is 16.8 Å². The summed E-state index contributed by atoms with van der Waals surface area (Å²) in [6, 6.07) is 4.84. The number of allylic oxidation sites excluding steroid dienone is 4. The van der Waals surface area contributed by atoms with Gasteiger partial charge < -0.3 is 21.1 Å². The molecule has 0 aromatic carbocycles. The highest BCUT2D eigenvalue weighted by atomic mass is 32.2. The third-order valence-corrected chi connectivity index (χ3v) is 8.99. The molecule has 1 amide bonds. The van der Waals surface area contributed by atoms with Gasteiger partial charge in [0.25, 0.3) is 5.91 Å². The number of amides is 1. The van der Waals surface area contributed by atoms with E-state index in [1.54, 1.807) is 37.0 Å². The summed E-state index contributed by atoms with van der Waals surface area (Å²) in [6.07, 6.45) is 4.87. The molecule has 0 saturated heterocycles. The fraction of sp³-hybridized carbons (Fsp3) is 0.429.